The Morgan fingerprint density at radius 2 is 2.12 bits per heavy atom. The van der Waals surface area contributed by atoms with E-state index in [0.29, 0.717) is 28.7 Å². The van der Waals surface area contributed by atoms with Gasteiger partial charge in [0.1, 0.15) is 0 Å². The van der Waals surface area contributed by atoms with Crippen LogP contribution in [0.3, 0.4) is 0 Å². The molecule has 128 valence electrons. The fourth-order valence-corrected chi connectivity index (χ4v) is 4.73. The summed E-state index contributed by atoms with van der Waals surface area (Å²) in [5.74, 6) is -0.386. The number of benzene rings is 1. The van der Waals surface area contributed by atoms with E-state index >= 15 is 0 Å². The number of hydrogen-bond acceptors (Lipinski definition) is 5. The summed E-state index contributed by atoms with van der Waals surface area (Å²) in [7, 11) is -3.24. The van der Waals surface area contributed by atoms with Crippen LogP contribution < -0.4 is 5.32 Å². The standard InChI is InChI=1S/C14H13Cl2N3O3S2/c1-24(21,22)19-5-4-11-12(7-19)23-14(17-11)18-13(20)9-3-2-8(15)6-10(9)16/h2-3,6H,4-5,7H2,1H3,(H,17,18,20). The smallest absolute Gasteiger partial charge is 0.258 e. The maximum absolute atomic E-state index is 12.3. The lowest BCUT2D eigenvalue weighted by atomic mass is 10.2. The van der Waals surface area contributed by atoms with Gasteiger partial charge in [-0.25, -0.2) is 13.4 Å². The van der Waals surface area contributed by atoms with Crippen molar-refractivity contribution in [3.63, 3.8) is 0 Å². The van der Waals surface area contributed by atoms with Gasteiger partial charge in [-0.05, 0) is 18.2 Å². The van der Waals surface area contributed by atoms with E-state index < -0.39 is 10.0 Å². The number of rotatable bonds is 3. The zero-order chi connectivity index (χ0) is 17.5. The van der Waals surface area contributed by atoms with Gasteiger partial charge in [-0.3, -0.25) is 10.1 Å². The van der Waals surface area contributed by atoms with E-state index in [0.717, 1.165) is 10.6 Å². The van der Waals surface area contributed by atoms with Gasteiger partial charge in [-0.15, -0.1) is 11.3 Å². The molecule has 2 heterocycles. The van der Waals surface area contributed by atoms with E-state index in [4.69, 9.17) is 23.2 Å². The summed E-state index contributed by atoms with van der Waals surface area (Å²) in [6.45, 7) is 0.676. The van der Waals surface area contributed by atoms with Crippen LogP contribution >= 0.6 is 34.5 Å². The van der Waals surface area contributed by atoms with Crippen LogP contribution in [-0.4, -0.2) is 36.4 Å². The maximum atomic E-state index is 12.3. The molecule has 1 amide bonds. The van der Waals surface area contributed by atoms with Crippen molar-refractivity contribution in [3.05, 3.63) is 44.4 Å². The second-order valence-electron chi connectivity index (χ2n) is 5.31. The molecule has 1 N–H and O–H groups in total. The number of amides is 1. The van der Waals surface area contributed by atoms with Gasteiger partial charge in [0.05, 0.1) is 22.5 Å². The van der Waals surface area contributed by atoms with Gasteiger partial charge in [0.15, 0.2) is 5.13 Å². The summed E-state index contributed by atoms with van der Waals surface area (Å²) < 4.78 is 24.7. The third kappa shape index (κ3) is 3.73. The van der Waals surface area contributed by atoms with E-state index in [9.17, 15) is 13.2 Å². The number of carbonyl (C=O) groups excluding carboxylic acids is 1. The summed E-state index contributed by atoms with van der Waals surface area (Å²) in [6, 6.07) is 4.62. The molecule has 0 radical (unpaired) electrons. The van der Waals surface area contributed by atoms with Crippen LogP contribution in [0.5, 0.6) is 0 Å². The monoisotopic (exact) mass is 405 g/mol. The molecule has 1 aromatic carbocycles. The summed E-state index contributed by atoms with van der Waals surface area (Å²) in [4.78, 5) is 17.5. The Labute approximate surface area is 153 Å². The third-order valence-electron chi connectivity index (χ3n) is 3.56. The second kappa shape index (κ2) is 6.61. The van der Waals surface area contributed by atoms with E-state index in [1.165, 1.54) is 28.0 Å². The molecule has 0 fully saturated rings. The van der Waals surface area contributed by atoms with Crippen LogP contribution in [-0.2, 0) is 23.0 Å². The first-order valence-corrected chi connectivity index (χ1v) is 10.4. The number of thiazole rings is 1. The second-order valence-corrected chi connectivity index (χ2v) is 9.22. The molecule has 0 bridgehead atoms. The van der Waals surface area contributed by atoms with Crippen molar-refractivity contribution < 1.29 is 13.2 Å². The molecule has 6 nitrogen and oxygen atoms in total. The van der Waals surface area contributed by atoms with Crippen molar-refractivity contribution >= 4 is 55.6 Å². The SMILES string of the molecule is CS(=O)(=O)N1CCc2nc(NC(=O)c3ccc(Cl)cc3Cl)sc2C1. The van der Waals surface area contributed by atoms with Gasteiger partial charge in [-0.2, -0.15) is 4.31 Å². The maximum Gasteiger partial charge on any atom is 0.258 e. The highest BCUT2D eigenvalue weighted by Gasteiger charge is 2.26. The average Bonchev–Trinajstić information content (AvgIpc) is 2.87. The number of hydrogen-bond donors (Lipinski definition) is 1. The summed E-state index contributed by atoms with van der Waals surface area (Å²) in [6.07, 6.45) is 1.71. The van der Waals surface area contributed by atoms with Crippen LogP contribution in [0, 0.1) is 0 Å². The fraction of sp³-hybridized carbons (Fsp3) is 0.286. The first-order valence-electron chi connectivity index (χ1n) is 6.94. The molecule has 1 aliphatic heterocycles. The zero-order valence-electron chi connectivity index (χ0n) is 12.5. The first kappa shape index (κ1) is 17.6. The number of carbonyl (C=O) groups is 1. The predicted molar refractivity (Wildman–Crippen MR) is 95.5 cm³/mol. The van der Waals surface area contributed by atoms with E-state index in [-0.39, 0.29) is 17.5 Å². The van der Waals surface area contributed by atoms with Crippen molar-refractivity contribution in [1.82, 2.24) is 9.29 Å². The van der Waals surface area contributed by atoms with Crippen LogP contribution in [0.25, 0.3) is 0 Å². The minimum absolute atomic E-state index is 0.254. The van der Waals surface area contributed by atoms with Crippen LogP contribution in [0.4, 0.5) is 5.13 Å². The quantitative estimate of drug-likeness (QED) is 0.850. The van der Waals surface area contributed by atoms with Crippen LogP contribution in [0.15, 0.2) is 18.2 Å². The third-order valence-corrected chi connectivity index (χ3v) is 6.36. The number of sulfonamides is 1. The Morgan fingerprint density at radius 1 is 1.38 bits per heavy atom. The average molecular weight is 406 g/mol. The van der Waals surface area contributed by atoms with Gasteiger partial charge in [0.25, 0.3) is 5.91 Å². The van der Waals surface area contributed by atoms with E-state index in [1.54, 1.807) is 12.1 Å². The topological polar surface area (TPSA) is 79.4 Å². The highest BCUT2D eigenvalue weighted by molar-refractivity contribution is 7.88. The highest BCUT2D eigenvalue weighted by atomic mass is 35.5. The Hall–Kier alpha value is -1.19. The fourth-order valence-electron chi connectivity index (χ4n) is 2.35. The van der Waals surface area contributed by atoms with Gasteiger partial charge in [-0.1, -0.05) is 23.2 Å². The molecule has 0 spiro atoms. The number of fused-ring (bicyclic) bond motifs is 1. The molecule has 0 saturated heterocycles. The Bertz CT molecular complexity index is 912. The van der Waals surface area contributed by atoms with Crippen LogP contribution in [0.2, 0.25) is 10.0 Å². The lowest BCUT2D eigenvalue weighted by Gasteiger charge is -2.23. The molecule has 0 atom stereocenters. The molecule has 2 aromatic rings. The molecular formula is C14H13Cl2N3O3S2. The van der Waals surface area contributed by atoms with Crippen molar-refractivity contribution in [2.45, 2.75) is 13.0 Å². The van der Waals surface area contributed by atoms with Crippen molar-refractivity contribution in [1.29, 1.82) is 0 Å². The minimum atomic E-state index is -3.24. The Balaban J connectivity index is 1.78. The number of anilines is 1. The number of aromatic nitrogens is 1. The van der Waals surface area contributed by atoms with Crippen LogP contribution in [0.1, 0.15) is 20.9 Å². The lowest BCUT2D eigenvalue weighted by Crippen LogP contribution is -2.34. The number of nitrogens with one attached hydrogen (secondary N) is 1. The Kier molecular flexibility index (Phi) is 4.85. The zero-order valence-corrected chi connectivity index (χ0v) is 15.7. The number of nitrogens with zero attached hydrogens (tertiary/aromatic N) is 2. The minimum Gasteiger partial charge on any atom is -0.298 e. The van der Waals surface area contributed by atoms with E-state index in [2.05, 4.69) is 10.3 Å². The van der Waals surface area contributed by atoms with Gasteiger partial charge in [0, 0.05) is 29.4 Å². The predicted octanol–water partition coefficient (Wildman–Crippen LogP) is 3.02. The lowest BCUT2D eigenvalue weighted by molar-refractivity contribution is 0.102. The van der Waals surface area contributed by atoms with Gasteiger partial charge < -0.3 is 0 Å². The normalized spacial score (nSPS) is 15.1. The van der Waals surface area contributed by atoms with Crippen molar-refractivity contribution in [2.75, 3.05) is 18.1 Å². The van der Waals surface area contributed by atoms with Crippen molar-refractivity contribution in [3.8, 4) is 0 Å². The molecule has 24 heavy (non-hydrogen) atoms. The molecule has 1 aromatic heterocycles. The molecule has 0 unspecified atom stereocenters. The summed E-state index contributed by atoms with van der Waals surface area (Å²) in [5, 5.41) is 3.83. The summed E-state index contributed by atoms with van der Waals surface area (Å²) in [5.41, 5.74) is 1.12. The molecule has 0 aliphatic carbocycles. The van der Waals surface area contributed by atoms with Gasteiger partial charge in [0.2, 0.25) is 10.0 Å². The summed E-state index contributed by atoms with van der Waals surface area (Å²) >= 11 is 13.1. The first-order chi connectivity index (χ1) is 11.2. The van der Waals surface area contributed by atoms with Crippen molar-refractivity contribution in [2.24, 2.45) is 0 Å². The molecule has 0 saturated carbocycles. The van der Waals surface area contributed by atoms with Gasteiger partial charge >= 0.3 is 0 Å². The van der Waals surface area contributed by atoms with E-state index in [1.807, 2.05) is 0 Å². The molecule has 3 rings (SSSR count). The molecule has 1 aliphatic rings. The number of halogens is 2. The Morgan fingerprint density at radius 3 is 2.79 bits per heavy atom. The highest BCUT2D eigenvalue weighted by Crippen LogP contribution is 2.30. The molecule has 10 heteroatoms. The largest absolute Gasteiger partial charge is 0.298 e. The molecular weight excluding hydrogens is 393 g/mol.